The first-order valence-electron chi connectivity index (χ1n) is 6.18. The molecule has 0 saturated carbocycles. The van der Waals surface area contributed by atoms with E-state index in [4.69, 9.17) is 5.73 Å². The molecule has 1 amide bonds. The highest BCUT2D eigenvalue weighted by Gasteiger charge is 2.17. The first kappa shape index (κ1) is 14.0. The van der Waals surface area contributed by atoms with Crippen LogP contribution in [0.2, 0.25) is 0 Å². The highest BCUT2D eigenvalue weighted by molar-refractivity contribution is 5.99. The summed E-state index contributed by atoms with van der Waals surface area (Å²) in [4.78, 5) is 18.0. The lowest BCUT2D eigenvalue weighted by Crippen LogP contribution is -2.11. The Kier molecular flexibility index (Phi) is 3.25. The van der Waals surface area contributed by atoms with E-state index in [-0.39, 0.29) is 22.2 Å². The summed E-state index contributed by atoms with van der Waals surface area (Å²) in [6.45, 7) is 0. The molecule has 0 aliphatic rings. The van der Waals surface area contributed by atoms with Crippen molar-refractivity contribution in [2.24, 2.45) is 5.73 Å². The zero-order valence-corrected chi connectivity index (χ0v) is 11.0. The van der Waals surface area contributed by atoms with Crippen LogP contribution in [0.15, 0.2) is 36.5 Å². The quantitative estimate of drug-likeness (QED) is 0.740. The van der Waals surface area contributed by atoms with Crippen LogP contribution in [0.5, 0.6) is 0 Å². The molecule has 1 aromatic carbocycles. The normalized spacial score (nSPS) is 10.9. The number of pyridine rings is 2. The Morgan fingerprint density at radius 2 is 1.86 bits per heavy atom. The zero-order valence-electron chi connectivity index (χ0n) is 11.0. The van der Waals surface area contributed by atoms with Gasteiger partial charge in [0, 0.05) is 28.8 Å². The molecule has 0 fully saturated rings. The first-order valence-corrected chi connectivity index (χ1v) is 6.18. The van der Waals surface area contributed by atoms with Crippen molar-refractivity contribution in [3.8, 4) is 11.1 Å². The van der Waals surface area contributed by atoms with Gasteiger partial charge in [-0.2, -0.15) is 13.8 Å². The third-order valence-corrected chi connectivity index (χ3v) is 3.17. The number of amides is 1. The second kappa shape index (κ2) is 5.10. The zero-order chi connectivity index (χ0) is 15.9. The molecule has 0 spiro atoms. The molecule has 0 radical (unpaired) electrons. The first-order chi connectivity index (χ1) is 10.5. The van der Waals surface area contributed by atoms with Gasteiger partial charge in [0.25, 0.3) is 5.95 Å². The highest BCUT2D eigenvalue weighted by Crippen LogP contribution is 2.30. The van der Waals surface area contributed by atoms with Crippen molar-refractivity contribution < 1.29 is 18.0 Å². The van der Waals surface area contributed by atoms with Gasteiger partial charge in [0.05, 0.1) is 11.1 Å². The van der Waals surface area contributed by atoms with Crippen LogP contribution in [0.3, 0.4) is 0 Å². The number of benzene rings is 1. The molecule has 0 unspecified atom stereocenters. The van der Waals surface area contributed by atoms with E-state index < -0.39 is 23.6 Å². The Labute approximate surface area is 122 Å². The van der Waals surface area contributed by atoms with Gasteiger partial charge in [-0.25, -0.2) is 4.39 Å². The van der Waals surface area contributed by atoms with Gasteiger partial charge in [0.2, 0.25) is 11.9 Å². The highest BCUT2D eigenvalue weighted by atomic mass is 19.2. The van der Waals surface area contributed by atoms with E-state index in [9.17, 15) is 18.0 Å². The van der Waals surface area contributed by atoms with Gasteiger partial charge >= 0.3 is 0 Å². The average Bonchev–Trinajstić information content (AvgIpc) is 2.49. The minimum Gasteiger partial charge on any atom is -0.366 e. The third-order valence-electron chi connectivity index (χ3n) is 3.17. The van der Waals surface area contributed by atoms with Crippen LogP contribution in [0.4, 0.5) is 13.2 Å². The molecule has 4 nitrogen and oxygen atoms in total. The van der Waals surface area contributed by atoms with Crippen LogP contribution in [-0.4, -0.2) is 15.9 Å². The number of halogens is 3. The molecule has 110 valence electrons. The number of nitrogens with two attached hydrogens (primary N) is 1. The van der Waals surface area contributed by atoms with Crippen molar-refractivity contribution in [3.05, 3.63) is 59.8 Å². The monoisotopic (exact) mass is 303 g/mol. The van der Waals surface area contributed by atoms with Crippen molar-refractivity contribution in [2.45, 2.75) is 0 Å². The summed E-state index contributed by atoms with van der Waals surface area (Å²) in [6.07, 6.45) is 1.22. The van der Waals surface area contributed by atoms with Crippen molar-refractivity contribution in [2.75, 3.05) is 0 Å². The van der Waals surface area contributed by atoms with Crippen molar-refractivity contribution in [1.82, 2.24) is 9.97 Å². The summed E-state index contributed by atoms with van der Waals surface area (Å²) in [6, 6.07) is 6.91. The Morgan fingerprint density at radius 1 is 1.09 bits per heavy atom. The van der Waals surface area contributed by atoms with E-state index in [1.807, 2.05) is 0 Å². The predicted octanol–water partition coefficient (Wildman–Crippen LogP) is 2.81. The Bertz CT molecular complexity index is 912. The maximum Gasteiger partial charge on any atom is 0.252 e. The smallest absolute Gasteiger partial charge is 0.252 e. The van der Waals surface area contributed by atoms with Crippen LogP contribution in [-0.2, 0) is 0 Å². The number of carbonyl (C=O) groups is 1. The number of hydrogen-bond acceptors (Lipinski definition) is 3. The SMILES string of the molecule is NC(=O)c1cnc2c(-c3cc(F)nc(F)c3F)cccc2c1. The van der Waals surface area contributed by atoms with E-state index in [0.29, 0.717) is 5.39 Å². The lowest BCUT2D eigenvalue weighted by molar-refractivity contribution is 0.1000. The molecule has 2 heterocycles. The largest absolute Gasteiger partial charge is 0.366 e. The minimum absolute atomic E-state index is 0.178. The van der Waals surface area contributed by atoms with E-state index >= 15 is 0 Å². The fraction of sp³-hybridized carbons (Fsp3) is 0. The molecule has 3 aromatic rings. The van der Waals surface area contributed by atoms with E-state index in [0.717, 1.165) is 6.07 Å². The summed E-state index contributed by atoms with van der Waals surface area (Å²) < 4.78 is 40.4. The van der Waals surface area contributed by atoms with Gasteiger partial charge in [-0.1, -0.05) is 18.2 Å². The summed E-state index contributed by atoms with van der Waals surface area (Å²) in [5.74, 6) is -4.60. The maximum atomic E-state index is 13.9. The van der Waals surface area contributed by atoms with Gasteiger partial charge in [-0.05, 0) is 6.07 Å². The molecule has 0 atom stereocenters. The molecule has 7 heteroatoms. The van der Waals surface area contributed by atoms with Gasteiger partial charge in [0.1, 0.15) is 0 Å². The van der Waals surface area contributed by atoms with Gasteiger partial charge in [-0.15, -0.1) is 0 Å². The molecule has 0 bridgehead atoms. The predicted molar refractivity (Wildman–Crippen MR) is 73.4 cm³/mol. The molecular weight excluding hydrogens is 295 g/mol. The van der Waals surface area contributed by atoms with E-state index in [2.05, 4.69) is 9.97 Å². The third kappa shape index (κ3) is 2.26. The lowest BCUT2D eigenvalue weighted by Gasteiger charge is -2.08. The fourth-order valence-electron chi connectivity index (χ4n) is 2.18. The number of nitrogens with zero attached hydrogens (tertiary/aromatic N) is 2. The maximum absolute atomic E-state index is 13.9. The molecule has 3 rings (SSSR count). The van der Waals surface area contributed by atoms with Crippen molar-refractivity contribution in [3.63, 3.8) is 0 Å². The van der Waals surface area contributed by atoms with Crippen LogP contribution in [0.25, 0.3) is 22.0 Å². The molecule has 2 N–H and O–H groups in total. The van der Waals surface area contributed by atoms with Crippen LogP contribution < -0.4 is 5.73 Å². The fourth-order valence-corrected chi connectivity index (χ4v) is 2.18. The van der Waals surface area contributed by atoms with E-state index in [1.54, 1.807) is 12.1 Å². The van der Waals surface area contributed by atoms with Crippen LogP contribution in [0, 0.1) is 17.7 Å². The number of hydrogen-bond donors (Lipinski definition) is 1. The number of rotatable bonds is 2. The van der Waals surface area contributed by atoms with E-state index in [1.165, 1.54) is 18.3 Å². The molecule has 2 aromatic heterocycles. The standard InChI is InChI=1S/C15H8F3N3O/c16-11-5-10(12(17)14(18)21-11)9-3-1-2-7-4-8(15(19)22)6-20-13(7)9/h1-6H,(H2,19,22). The average molecular weight is 303 g/mol. The summed E-state index contributed by atoms with van der Waals surface area (Å²) in [5.41, 5.74) is 5.53. The molecular formula is C15H8F3N3O. The lowest BCUT2D eigenvalue weighted by atomic mass is 10.0. The van der Waals surface area contributed by atoms with Gasteiger partial charge in [-0.3, -0.25) is 9.78 Å². The number of fused-ring (bicyclic) bond motifs is 1. The number of primary amides is 1. The van der Waals surface area contributed by atoms with Crippen molar-refractivity contribution >= 4 is 16.8 Å². The molecule has 0 aliphatic carbocycles. The summed E-state index contributed by atoms with van der Waals surface area (Å²) in [5, 5.41) is 0.492. The number of carbonyl (C=O) groups excluding carboxylic acids is 1. The minimum atomic E-state index is -1.53. The number of aromatic nitrogens is 2. The van der Waals surface area contributed by atoms with Gasteiger partial charge in [0.15, 0.2) is 5.82 Å². The van der Waals surface area contributed by atoms with Crippen LogP contribution in [0.1, 0.15) is 10.4 Å². The second-order valence-corrected chi connectivity index (χ2v) is 4.56. The number of para-hydroxylation sites is 1. The second-order valence-electron chi connectivity index (χ2n) is 4.56. The summed E-state index contributed by atoms with van der Waals surface area (Å²) in [7, 11) is 0. The molecule has 22 heavy (non-hydrogen) atoms. The molecule has 0 aliphatic heterocycles. The summed E-state index contributed by atoms with van der Waals surface area (Å²) >= 11 is 0. The van der Waals surface area contributed by atoms with Gasteiger partial charge < -0.3 is 5.73 Å². The van der Waals surface area contributed by atoms with Crippen LogP contribution >= 0.6 is 0 Å². The Hall–Kier alpha value is -2.96. The molecule has 0 saturated heterocycles. The Morgan fingerprint density at radius 3 is 2.59 bits per heavy atom. The topological polar surface area (TPSA) is 68.9 Å². The van der Waals surface area contributed by atoms with Crippen molar-refractivity contribution in [1.29, 1.82) is 0 Å². The Balaban J connectivity index is 2.30.